The van der Waals surface area contributed by atoms with E-state index in [0.717, 1.165) is 19.4 Å². The van der Waals surface area contributed by atoms with Crippen molar-refractivity contribution in [2.45, 2.75) is 25.8 Å². The first-order chi connectivity index (χ1) is 4.70. The fraction of sp³-hybridized carbons (Fsp3) is 0.857. The van der Waals surface area contributed by atoms with Crippen LogP contribution < -0.4 is 5.32 Å². The molecule has 0 aromatic carbocycles. The zero-order valence-electron chi connectivity index (χ0n) is 6.13. The molecule has 1 heterocycles. The van der Waals surface area contributed by atoms with Gasteiger partial charge in [0.05, 0.1) is 0 Å². The number of nitrogens with one attached hydrogen (secondary N) is 1. The Bertz CT molecular complexity index is 128. The van der Waals surface area contributed by atoms with Crippen molar-refractivity contribution >= 4 is 5.97 Å². The maximum atomic E-state index is 10.4. The van der Waals surface area contributed by atoms with Gasteiger partial charge in [-0.3, -0.25) is 4.79 Å². The fourth-order valence-corrected chi connectivity index (χ4v) is 1.21. The number of carbonyl (C=O) groups is 1. The Morgan fingerprint density at radius 3 is 2.70 bits per heavy atom. The van der Waals surface area contributed by atoms with Crippen LogP contribution in [0.15, 0.2) is 0 Å². The highest BCUT2D eigenvalue weighted by atomic mass is 16.4. The summed E-state index contributed by atoms with van der Waals surface area (Å²) in [5.74, 6) is -0.0810. The lowest BCUT2D eigenvalue weighted by Crippen LogP contribution is -2.43. The van der Waals surface area contributed by atoms with Gasteiger partial charge >= 0.3 is 5.97 Å². The molecule has 1 saturated heterocycles. The molecule has 0 aromatic heterocycles. The summed E-state index contributed by atoms with van der Waals surface area (Å²) in [5, 5.41) is 11.5. The Morgan fingerprint density at radius 2 is 2.30 bits per heavy atom. The third kappa shape index (κ3) is 1.70. The van der Waals surface area contributed by atoms with Crippen LogP contribution >= 0.6 is 0 Å². The maximum Gasteiger partial charge on any atom is 0.320 e. The van der Waals surface area contributed by atoms with Gasteiger partial charge in [-0.05, 0) is 25.3 Å². The summed E-state index contributed by atoms with van der Waals surface area (Å²) in [6, 6.07) is -0.295. The number of carboxylic acids is 1. The van der Waals surface area contributed by atoms with Crippen LogP contribution in [0.1, 0.15) is 19.8 Å². The zero-order valence-corrected chi connectivity index (χ0v) is 6.13. The molecule has 1 aliphatic rings. The van der Waals surface area contributed by atoms with Gasteiger partial charge in [0.25, 0.3) is 0 Å². The van der Waals surface area contributed by atoms with Gasteiger partial charge in [-0.1, -0.05) is 6.92 Å². The molecule has 2 N–H and O–H groups in total. The van der Waals surface area contributed by atoms with Crippen LogP contribution in [0, 0.1) is 5.92 Å². The average molecular weight is 143 g/mol. The molecule has 3 heteroatoms. The first-order valence-electron chi connectivity index (χ1n) is 3.66. The third-order valence-corrected chi connectivity index (χ3v) is 1.96. The van der Waals surface area contributed by atoms with Gasteiger partial charge in [0.2, 0.25) is 0 Å². The highest BCUT2D eigenvalue weighted by molar-refractivity contribution is 5.73. The van der Waals surface area contributed by atoms with E-state index in [0.29, 0.717) is 5.92 Å². The van der Waals surface area contributed by atoms with E-state index in [2.05, 4.69) is 12.2 Å². The molecule has 0 aliphatic carbocycles. The van der Waals surface area contributed by atoms with Crippen molar-refractivity contribution in [1.29, 1.82) is 0 Å². The van der Waals surface area contributed by atoms with Crippen LogP contribution in [0.3, 0.4) is 0 Å². The molecule has 1 aliphatic heterocycles. The SMILES string of the molecule is CC1CC[C@@H](C(=O)O)NC1. The minimum Gasteiger partial charge on any atom is -0.480 e. The van der Waals surface area contributed by atoms with E-state index in [1.807, 2.05) is 0 Å². The predicted molar refractivity (Wildman–Crippen MR) is 37.8 cm³/mol. The van der Waals surface area contributed by atoms with Gasteiger partial charge in [0, 0.05) is 0 Å². The first-order valence-corrected chi connectivity index (χ1v) is 3.66. The molecular formula is C7H13NO2. The highest BCUT2D eigenvalue weighted by Crippen LogP contribution is 2.12. The van der Waals surface area contributed by atoms with Gasteiger partial charge in [-0.2, -0.15) is 0 Å². The Kier molecular flexibility index (Phi) is 2.27. The van der Waals surface area contributed by atoms with E-state index in [1.54, 1.807) is 0 Å². The second kappa shape index (κ2) is 3.01. The molecular weight excluding hydrogens is 130 g/mol. The summed E-state index contributed by atoms with van der Waals surface area (Å²) in [7, 11) is 0. The van der Waals surface area contributed by atoms with E-state index in [-0.39, 0.29) is 6.04 Å². The number of aliphatic carboxylic acids is 1. The zero-order chi connectivity index (χ0) is 7.56. The molecule has 58 valence electrons. The van der Waals surface area contributed by atoms with Crippen LogP contribution in [-0.4, -0.2) is 23.7 Å². The van der Waals surface area contributed by atoms with E-state index >= 15 is 0 Å². The predicted octanol–water partition coefficient (Wildman–Crippen LogP) is 0.459. The highest BCUT2D eigenvalue weighted by Gasteiger charge is 2.22. The van der Waals surface area contributed by atoms with E-state index < -0.39 is 5.97 Å². The minimum atomic E-state index is -0.716. The summed E-state index contributed by atoms with van der Waals surface area (Å²) in [5.41, 5.74) is 0. The lowest BCUT2D eigenvalue weighted by Gasteiger charge is -2.24. The molecule has 0 spiro atoms. The van der Waals surface area contributed by atoms with Gasteiger partial charge in [0.15, 0.2) is 0 Å². The van der Waals surface area contributed by atoms with Crippen molar-refractivity contribution in [3.8, 4) is 0 Å². The Hall–Kier alpha value is -0.570. The topological polar surface area (TPSA) is 49.3 Å². The number of piperidine rings is 1. The number of hydrogen-bond acceptors (Lipinski definition) is 2. The molecule has 0 saturated carbocycles. The second-order valence-electron chi connectivity index (χ2n) is 2.98. The van der Waals surface area contributed by atoms with E-state index in [4.69, 9.17) is 5.11 Å². The fourth-order valence-electron chi connectivity index (χ4n) is 1.21. The summed E-state index contributed by atoms with van der Waals surface area (Å²) in [6.07, 6.45) is 1.81. The van der Waals surface area contributed by atoms with Crippen molar-refractivity contribution in [3.05, 3.63) is 0 Å². The Labute approximate surface area is 60.4 Å². The van der Waals surface area contributed by atoms with Crippen LogP contribution in [0.5, 0.6) is 0 Å². The Balaban J connectivity index is 2.33. The molecule has 0 bridgehead atoms. The molecule has 1 rings (SSSR count). The Morgan fingerprint density at radius 1 is 1.60 bits per heavy atom. The summed E-state index contributed by atoms with van der Waals surface area (Å²) < 4.78 is 0. The van der Waals surface area contributed by atoms with Crippen molar-refractivity contribution in [2.75, 3.05) is 6.54 Å². The molecule has 10 heavy (non-hydrogen) atoms. The second-order valence-corrected chi connectivity index (χ2v) is 2.98. The minimum absolute atomic E-state index is 0.295. The number of hydrogen-bond donors (Lipinski definition) is 2. The summed E-state index contributed by atoms with van der Waals surface area (Å²) >= 11 is 0. The van der Waals surface area contributed by atoms with Gasteiger partial charge < -0.3 is 10.4 Å². The van der Waals surface area contributed by atoms with Crippen molar-refractivity contribution in [1.82, 2.24) is 5.32 Å². The van der Waals surface area contributed by atoms with Crippen LogP contribution in [-0.2, 0) is 4.79 Å². The third-order valence-electron chi connectivity index (χ3n) is 1.96. The smallest absolute Gasteiger partial charge is 0.320 e. The van der Waals surface area contributed by atoms with Gasteiger partial charge in [-0.15, -0.1) is 0 Å². The number of carboxylic acid groups (broad SMARTS) is 1. The maximum absolute atomic E-state index is 10.4. The van der Waals surface area contributed by atoms with Crippen LogP contribution in [0.2, 0.25) is 0 Å². The van der Waals surface area contributed by atoms with E-state index in [1.165, 1.54) is 0 Å². The molecule has 1 unspecified atom stereocenters. The monoisotopic (exact) mass is 143 g/mol. The molecule has 0 radical (unpaired) electrons. The van der Waals surface area contributed by atoms with Crippen LogP contribution in [0.4, 0.5) is 0 Å². The molecule has 1 fully saturated rings. The van der Waals surface area contributed by atoms with Gasteiger partial charge in [-0.25, -0.2) is 0 Å². The summed E-state index contributed by atoms with van der Waals surface area (Å²) in [6.45, 7) is 2.97. The molecule has 0 amide bonds. The van der Waals surface area contributed by atoms with E-state index in [9.17, 15) is 4.79 Å². The average Bonchev–Trinajstić information content (AvgIpc) is 1.88. The number of rotatable bonds is 1. The van der Waals surface area contributed by atoms with Gasteiger partial charge in [0.1, 0.15) is 6.04 Å². The normalized spacial score (nSPS) is 33.7. The lowest BCUT2D eigenvalue weighted by atomic mass is 9.97. The van der Waals surface area contributed by atoms with Crippen molar-refractivity contribution < 1.29 is 9.90 Å². The quantitative estimate of drug-likeness (QED) is 0.560. The summed E-state index contributed by atoms with van der Waals surface area (Å²) in [4.78, 5) is 10.4. The standard InChI is InChI=1S/C7H13NO2/c1-5-2-3-6(7(9)10)8-4-5/h5-6,8H,2-4H2,1H3,(H,9,10)/t5?,6-/m0/s1. The lowest BCUT2D eigenvalue weighted by molar-refractivity contribution is -0.140. The molecule has 2 atom stereocenters. The van der Waals surface area contributed by atoms with Crippen LogP contribution in [0.25, 0.3) is 0 Å². The van der Waals surface area contributed by atoms with Crippen molar-refractivity contribution in [3.63, 3.8) is 0 Å². The molecule has 0 aromatic rings. The largest absolute Gasteiger partial charge is 0.480 e. The first kappa shape index (κ1) is 7.54. The van der Waals surface area contributed by atoms with Crippen molar-refractivity contribution in [2.24, 2.45) is 5.92 Å². The molecule has 3 nitrogen and oxygen atoms in total.